The Kier molecular flexibility index (Phi) is 6.48. The summed E-state index contributed by atoms with van der Waals surface area (Å²) in [7, 11) is 1.70. The largest absolute Gasteiger partial charge is 0.433 e. The second-order valence-corrected chi connectivity index (χ2v) is 8.60. The van der Waals surface area contributed by atoms with Crippen LogP contribution in [0.3, 0.4) is 0 Å². The zero-order valence-corrected chi connectivity index (χ0v) is 19.4. The van der Waals surface area contributed by atoms with E-state index in [4.69, 9.17) is 6.57 Å². The van der Waals surface area contributed by atoms with Crippen LogP contribution >= 0.6 is 0 Å². The number of ether oxygens (including phenoxy) is 1. The van der Waals surface area contributed by atoms with Crippen LogP contribution in [0.2, 0.25) is 0 Å². The number of anilines is 1. The second-order valence-electron chi connectivity index (χ2n) is 8.60. The third-order valence-corrected chi connectivity index (χ3v) is 6.42. The number of hydrogen-bond donors (Lipinski definition) is 0. The van der Waals surface area contributed by atoms with Gasteiger partial charge in [0.1, 0.15) is 5.75 Å². The van der Waals surface area contributed by atoms with E-state index in [1.165, 1.54) is 12.3 Å². The topological polar surface area (TPSA) is 67.9 Å². The molecule has 1 aliphatic heterocycles. The molecule has 1 saturated heterocycles. The fraction of sp³-hybridized carbons (Fsp3) is 0.417. The van der Waals surface area contributed by atoms with Crippen molar-refractivity contribution in [3.05, 3.63) is 64.0 Å². The highest BCUT2D eigenvalue weighted by molar-refractivity contribution is 5.89. The lowest BCUT2D eigenvalue weighted by Crippen LogP contribution is -2.57. The lowest BCUT2D eigenvalue weighted by atomic mass is 10.0. The number of halogens is 2. The van der Waals surface area contributed by atoms with Gasteiger partial charge in [-0.3, -0.25) is 14.7 Å². The van der Waals surface area contributed by atoms with Gasteiger partial charge < -0.3 is 19.0 Å². The molecular formula is C24H26F2N6O2. The third-order valence-electron chi connectivity index (χ3n) is 6.42. The number of pyridine rings is 3. The molecule has 178 valence electrons. The number of aryl methyl sites for hydroxylation is 1. The summed E-state index contributed by atoms with van der Waals surface area (Å²) in [5, 5.41) is 0. The smallest absolute Gasteiger partial charge is 0.387 e. The van der Waals surface area contributed by atoms with Gasteiger partial charge in [-0.05, 0) is 45.0 Å². The molecule has 0 N–H and O–H groups in total. The van der Waals surface area contributed by atoms with E-state index in [0.717, 1.165) is 11.4 Å². The monoisotopic (exact) mass is 468 g/mol. The standard InChI is InChI=1S/C24H26F2N6O2/c1-14-13-32(20-10-22(33)30(5)19-8-9-21(27-4)29-23(19)20)15(2)12-31(14)16(3)18-7-6-17(11-28-18)34-24(25)26/h6-11,14-16,24H,12-13H2,1-3,5H3/t14-,15+,16?/m1/s1. The predicted octanol–water partition coefficient (Wildman–Crippen LogP) is 4.14. The van der Waals surface area contributed by atoms with Crippen LogP contribution < -0.4 is 15.2 Å². The molecule has 4 rings (SSSR count). The molecule has 4 heterocycles. The van der Waals surface area contributed by atoms with Gasteiger partial charge in [0, 0.05) is 44.3 Å². The number of hydrogen-bond acceptors (Lipinski definition) is 6. The van der Waals surface area contributed by atoms with Gasteiger partial charge in [-0.1, -0.05) is 6.57 Å². The van der Waals surface area contributed by atoms with Gasteiger partial charge in [0.05, 0.1) is 23.1 Å². The Bertz CT molecular complexity index is 1290. The SMILES string of the molecule is [C-]#[N+]c1ccc2c(n1)c(N1C[C@@H](C)N(C(C)c3ccc(OC(F)F)cn3)C[C@@H]1C)cc(=O)n2C. The lowest BCUT2D eigenvalue weighted by molar-refractivity contribution is -0.0501. The van der Waals surface area contributed by atoms with Gasteiger partial charge in [-0.2, -0.15) is 8.78 Å². The van der Waals surface area contributed by atoms with Crippen molar-refractivity contribution in [2.24, 2.45) is 7.05 Å². The number of aromatic nitrogens is 3. The minimum absolute atomic E-state index is 0.0287. The summed E-state index contributed by atoms with van der Waals surface area (Å²) < 4.78 is 30.8. The Morgan fingerprint density at radius 2 is 1.94 bits per heavy atom. The highest BCUT2D eigenvalue weighted by Crippen LogP contribution is 2.33. The summed E-state index contributed by atoms with van der Waals surface area (Å²) in [4.78, 5) is 29.4. The Labute approximate surface area is 196 Å². The van der Waals surface area contributed by atoms with Crippen LogP contribution in [0.4, 0.5) is 20.3 Å². The molecule has 1 unspecified atom stereocenters. The van der Waals surface area contributed by atoms with Gasteiger partial charge in [-0.25, -0.2) is 0 Å². The van der Waals surface area contributed by atoms with Crippen molar-refractivity contribution in [3.8, 4) is 5.75 Å². The van der Waals surface area contributed by atoms with E-state index in [9.17, 15) is 13.6 Å². The highest BCUT2D eigenvalue weighted by atomic mass is 19.3. The normalized spacial score (nSPS) is 19.9. The zero-order valence-electron chi connectivity index (χ0n) is 19.4. The summed E-state index contributed by atoms with van der Waals surface area (Å²) >= 11 is 0. The lowest BCUT2D eigenvalue weighted by Gasteiger charge is -2.47. The van der Waals surface area contributed by atoms with Crippen molar-refractivity contribution < 1.29 is 13.5 Å². The minimum atomic E-state index is -2.88. The van der Waals surface area contributed by atoms with Gasteiger partial charge in [-0.15, -0.1) is 4.98 Å². The molecule has 0 amide bonds. The van der Waals surface area contributed by atoms with E-state index in [1.807, 2.05) is 6.92 Å². The van der Waals surface area contributed by atoms with Crippen molar-refractivity contribution in [2.45, 2.75) is 45.5 Å². The minimum Gasteiger partial charge on any atom is -0.433 e. The molecule has 0 radical (unpaired) electrons. The summed E-state index contributed by atoms with van der Waals surface area (Å²) in [5.74, 6) is 0.312. The highest BCUT2D eigenvalue weighted by Gasteiger charge is 2.34. The summed E-state index contributed by atoms with van der Waals surface area (Å²) in [5.41, 5.74) is 2.66. The quantitative estimate of drug-likeness (QED) is 0.525. The fourth-order valence-corrected chi connectivity index (χ4v) is 4.59. The zero-order chi connectivity index (χ0) is 24.6. The second kappa shape index (κ2) is 9.35. The van der Waals surface area contributed by atoms with Crippen molar-refractivity contribution >= 4 is 22.5 Å². The van der Waals surface area contributed by atoms with Gasteiger partial charge in [0.2, 0.25) is 5.52 Å². The third kappa shape index (κ3) is 4.43. The van der Waals surface area contributed by atoms with Crippen LogP contribution in [0, 0.1) is 6.57 Å². The van der Waals surface area contributed by atoms with Crippen LogP contribution in [0.1, 0.15) is 32.5 Å². The molecule has 8 nitrogen and oxygen atoms in total. The molecule has 0 aromatic carbocycles. The molecule has 1 fully saturated rings. The molecule has 1 aliphatic rings. The molecule has 0 aliphatic carbocycles. The molecule has 0 saturated carbocycles. The van der Waals surface area contributed by atoms with Crippen molar-refractivity contribution in [1.82, 2.24) is 19.4 Å². The van der Waals surface area contributed by atoms with Crippen LogP contribution in [0.15, 0.2) is 41.3 Å². The average molecular weight is 469 g/mol. The van der Waals surface area contributed by atoms with E-state index in [1.54, 1.807) is 35.9 Å². The molecule has 34 heavy (non-hydrogen) atoms. The maximum Gasteiger partial charge on any atom is 0.387 e. The molecule has 10 heteroatoms. The van der Waals surface area contributed by atoms with Crippen molar-refractivity contribution in [2.75, 3.05) is 18.0 Å². The first-order chi connectivity index (χ1) is 16.2. The molecule has 0 bridgehead atoms. The summed E-state index contributed by atoms with van der Waals surface area (Å²) in [6, 6.07) is 8.29. The van der Waals surface area contributed by atoms with Gasteiger partial charge in [0.15, 0.2) is 0 Å². The van der Waals surface area contributed by atoms with Crippen molar-refractivity contribution in [1.29, 1.82) is 0 Å². The van der Waals surface area contributed by atoms with Crippen LogP contribution in [-0.2, 0) is 7.05 Å². The average Bonchev–Trinajstić information content (AvgIpc) is 2.82. The number of alkyl halides is 2. The number of fused-ring (bicyclic) bond motifs is 1. The van der Waals surface area contributed by atoms with E-state index in [0.29, 0.717) is 24.1 Å². The van der Waals surface area contributed by atoms with E-state index < -0.39 is 6.61 Å². The summed E-state index contributed by atoms with van der Waals surface area (Å²) in [6.07, 6.45) is 1.31. The Balaban J connectivity index is 1.61. The number of nitrogens with zero attached hydrogens (tertiary/aromatic N) is 6. The fourth-order valence-electron chi connectivity index (χ4n) is 4.59. The van der Waals surface area contributed by atoms with Gasteiger partial charge in [0.25, 0.3) is 11.4 Å². The Morgan fingerprint density at radius 3 is 2.59 bits per heavy atom. The van der Waals surface area contributed by atoms with E-state index in [-0.39, 0.29) is 35.3 Å². The van der Waals surface area contributed by atoms with E-state index >= 15 is 0 Å². The summed E-state index contributed by atoms with van der Waals surface area (Å²) in [6.45, 7) is 12.0. The molecule has 0 spiro atoms. The number of piperazine rings is 1. The molecular weight excluding hydrogens is 442 g/mol. The molecule has 3 aromatic heterocycles. The van der Waals surface area contributed by atoms with Crippen LogP contribution in [-0.4, -0.2) is 51.2 Å². The maximum absolute atomic E-state index is 12.7. The van der Waals surface area contributed by atoms with E-state index in [2.05, 4.69) is 43.2 Å². The first kappa shape index (κ1) is 23.6. The maximum atomic E-state index is 12.7. The first-order valence-corrected chi connectivity index (χ1v) is 11.0. The number of rotatable bonds is 5. The van der Waals surface area contributed by atoms with Gasteiger partial charge >= 0.3 is 6.61 Å². The molecule has 3 atom stereocenters. The van der Waals surface area contributed by atoms with Crippen LogP contribution in [0.25, 0.3) is 15.9 Å². The molecule has 3 aromatic rings. The van der Waals surface area contributed by atoms with Crippen molar-refractivity contribution in [3.63, 3.8) is 0 Å². The Morgan fingerprint density at radius 1 is 1.18 bits per heavy atom. The predicted molar refractivity (Wildman–Crippen MR) is 126 cm³/mol. The first-order valence-electron chi connectivity index (χ1n) is 11.0. The van der Waals surface area contributed by atoms with Crippen LogP contribution in [0.5, 0.6) is 5.75 Å². The Hall–Kier alpha value is -3.58.